The highest BCUT2D eigenvalue weighted by atomic mass is 31.1. The van der Waals surface area contributed by atoms with Gasteiger partial charge in [0, 0.05) is 0 Å². The molecule has 0 amide bonds. The smallest absolute Gasteiger partial charge is 0.322 e. The molecule has 4 nitrogen and oxygen atoms in total. The van der Waals surface area contributed by atoms with Crippen LogP contribution in [0.1, 0.15) is 60.8 Å². The molecule has 2 unspecified atom stereocenters. The van der Waals surface area contributed by atoms with Gasteiger partial charge in [-0.3, -0.25) is 9.36 Å². The fourth-order valence-electron chi connectivity index (χ4n) is 1.40. The van der Waals surface area contributed by atoms with Crippen molar-refractivity contribution in [2.75, 3.05) is 0 Å². The van der Waals surface area contributed by atoms with Gasteiger partial charge in [-0.15, -0.1) is 0 Å². The number of allylic oxidation sites excluding steroid dienone is 2. The third kappa shape index (κ3) is 5.12. The van der Waals surface area contributed by atoms with Crippen LogP contribution in [0.3, 0.4) is 0 Å². The van der Waals surface area contributed by atoms with Gasteiger partial charge >= 0.3 is 5.97 Å². The third-order valence-corrected chi connectivity index (χ3v) is 5.03. The maximum Gasteiger partial charge on any atom is 0.322 e. The van der Waals surface area contributed by atoms with Crippen molar-refractivity contribution in [1.29, 1.82) is 0 Å². The first-order chi connectivity index (χ1) is 8.61. The molecule has 0 aliphatic rings. The summed E-state index contributed by atoms with van der Waals surface area (Å²) < 4.78 is 17.1. The van der Waals surface area contributed by atoms with Crippen LogP contribution in [0, 0.1) is 0 Å². The van der Waals surface area contributed by atoms with Crippen LogP contribution in [0.15, 0.2) is 11.6 Å². The van der Waals surface area contributed by atoms with Crippen molar-refractivity contribution < 1.29 is 19.0 Å². The molecule has 112 valence electrons. The second-order valence-corrected chi connectivity index (χ2v) is 7.38. The zero-order chi connectivity index (χ0) is 15.3. The molecular formula is C14H27O4P. The van der Waals surface area contributed by atoms with Gasteiger partial charge in [-0.1, -0.05) is 25.5 Å². The summed E-state index contributed by atoms with van der Waals surface area (Å²) in [6.07, 6.45) is 3.39. The Hall–Kier alpha value is -0.600. The van der Waals surface area contributed by atoms with E-state index >= 15 is 0 Å². The van der Waals surface area contributed by atoms with Crippen LogP contribution in [0.2, 0.25) is 0 Å². The van der Waals surface area contributed by atoms with Crippen LogP contribution in [0.5, 0.6) is 0 Å². The number of hydrogen-bond acceptors (Lipinski definition) is 3. The number of hydrogen-bond donors (Lipinski definition) is 1. The fourth-order valence-corrected chi connectivity index (χ4v) is 1.90. The first-order valence-corrected chi connectivity index (χ1v) is 8.07. The van der Waals surface area contributed by atoms with E-state index in [1.165, 1.54) is 6.92 Å². The predicted octanol–water partition coefficient (Wildman–Crippen LogP) is 3.69. The topological polar surface area (TPSA) is 63.6 Å². The van der Waals surface area contributed by atoms with Gasteiger partial charge in [0.15, 0.2) is 0 Å². The van der Waals surface area contributed by atoms with Crippen LogP contribution in [0.4, 0.5) is 0 Å². The van der Waals surface area contributed by atoms with Gasteiger partial charge in [0.25, 0.3) is 0 Å². The lowest BCUT2D eigenvalue weighted by Crippen LogP contribution is -2.40. The van der Waals surface area contributed by atoms with E-state index < -0.39 is 24.8 Å². The maximum absolute atomic E-state index is 12.3. The SMILES string of the molecule is CCC(C)(CC)OC(=O)C(C)(CC=C(C)C)[PH](=O)O. The molecule has 2 atom stereocenters. The van der Waals surface area contributed by atoms with E-state index in [0.717, 1.165) is 5.57 Å². The van der Waals surface area contributed by atoms with Crippen LogP contribution in [-0.4, -0.2) is 21.6 Å². The summed E-state index contributed by atoms with van der Waals surface area (Å²) in [5.74, 6) is -0.581. The first kappa shape index (κ1) is 18.4. The second-order valence-electron chi connectivity index (χ2n) is 5.67. The van der Waals surface area contributed by atoms with Crippen molar-refractivity contribution in [2.45, 2.75) is 71.6 Å². The van der Waals surface area contributed by atoms with Gasteiger partial charge in [-0.2, -0.15) is 0 Å². The Bertz CT molecular complexity index is 368. The van der Waals surface area contributed by atoms with Gasteiger partial charge in [0.2, 0.25) is 8.03 Å². The van der Waals surface area contributed by atoms with Crippen LogP contribution in [-0.2, 0) is 14.1 Å². The summed E-state index contributed by atoms with van der Waals surface area (Å²) in [6.45, 7) is 11.0. The molecule has 0 aliphatic carbocycles. The summed E-state index contributed by atoms with van der Waals surface area (Å²) in [6, 6.07) is 0. The minimum Gasteiger partial charge on any atom is -0.459 e. The molecule has 0 aromatic heterocycles. The molecule has 0 saturated carbocycles. The van der Waals surface area contributed by atoms with E-state index in [0.29, 0.717) is 12.8 Å². The minimum absolute atomic E-state index is 0.228. The van der Waals surface area contributed by atoms with E-state index in [4.69, 9.17) is 4.74 Å². The van der Waals surface area contributed by atoms with Crippen molar-refractivity contribution in [2.24, 2.45) is 0 Å². The van der Waals surface area contributed by atoms with Crippen molar-refractivity contribution in [1.82, 2.24) is 0 Å². The molecule has 0 bridgehead atoms. The molecule has 1 N–H and O–H groups in total. The Morgan fingerprint density at radius 2 is 1.74 bits per heavy atom. The van der Waals surface area contributed by atoms with E-state index in [1.807, 2.05) is 34.6 Å². The van der Waals surface area contributed by atoms with E-state index in [-0.39, 0.29) is 6.42 Å². The van der Waals surface area contributed by atoms with Gasteiger partial charge in [0.1, 0.15) is 10.8 Å². The summed E-state index contributed by atoms with van der Waals surface area (Å²) in [4.78, 5) is 21.8. The molecule has 0 heterocycles. The molecule has 0 aromatic carbocycles. The molecule has 19 heavy (non-hydrogen) atoms. The third-order valence-electron chi connectivity index (χ3n) is 3.68. The number of esters is 1. The lowest BCUT2D eigenvalue weighted by molar-refractivity contribution is -0.161. The van der Waals surface area contributed by atoms with Gasteiger partial charge in [0.05, 0.1) is 0 Å². The van der Waals surface area contributed by atoms with E-state index in [2.05, 4.69) is 0 Å². The lowest BCUT2D eigenvalue weighted by Gasteiger charge is -2.32. The molecule has 0 spiro atoms. The Labute approximate surface area is 117 Å². The molecule has 0 aliphatic heterocycles. The Morgan fingerprint density at radius 1 is 1.26 bits per heavy atom. The highest BCUT2D eigenvalue weighted by Gasteiger charge is 2.42. The van der Waals surface area contributed by atoms with Gasteiger partial charge in [-0.05, 0) is 47.0 Å². The number of rotatable bonds is 7. The average molecular weight is 290 g/mol. The van der Waals surface area contributed by atoms with Crippen molar-refractivity contribution in [3.8, 4) is 0 Å². The van der Waals surface area contributed by atoms with E-state index in [9.17, 15) is 14.3 Å². The quantitative estimate of drug-likeness (QED) is 0.441. The number of carbonyl (C=O) groups is 1. The molecule has 5 heteroatoms. The largest absolute Gasteiger partial charge is 0.459 e. The monoisotopic (exact) mass is 290 g/mol. The summed E-state index contributed by atoms with van der Waals surface area (Å²) in [5.41, 5.74) is 0.441. The Morgan fingerprint density at radius 3 is 2.05 bits per heavy atom. The van der Waals surface area contributed by atoms with E-state index in [1.54, 1.807) is 6.08 Å². The Balaban J connectivity index is 5.15. The second kappa shape index (κ2) is 7.25. The molecule has 0 radical (unpaired) electrons. The number of ether oxygens (including phenoxy) is 1. The molecule has 0 fully saturated rings. The van der Waals surface area contributed by atoms with Crippen molar-refractivity contribution in [3.05, 3.63) is 11.6 Å². The zero-order valence-electron chi connectivity index (χ0n) is 12.9. The molecule has 0 saturated heterocycles. The first-order valence-electron chi connectivity index (χ1n) is 6.71. The highest BCUT2D eigenvalue weighted by Crippen LogP contribution is 2.41. The standard InChI is InChI=1S/C14H27O4P/c1-7-13(5,8-2)18-12(15)14(6,19(16)17)10-9-11(3)4/h9,19H,7-8,10H2,1-6H3,(H,16,17). The van der Waals surface area contributed by atoms with Crippen LogP contribution < -0.4 is 0 Å². The maximum atomic E-state index is 12.3. The molecule has 0 rings (SSSR count). The Kier molecular flexibility index (Phi) is 7.02. The van der Waals surface area contributed by atoms with Gasteiger partial charge < -0.3 is 9.63 Å². The molecular weight excluding hydrogens is 263 g/mol. The van der Waals surface area contributed by atoms with Crippen molar-refractivity contribution in [3.63, 3.8) is 0 Å². The molecule has 0 aromatic rings. The number of carbonyl (C=O) groups excluding carboxylic acids is 1. The zero-order valence-corrected chi connectivity index (χ0v) is 13.9. The summed E-state index contributed by atoms with van der Waals surface area (Å²) >= 11 is 0. The van der Waals surface area contributed by atoms with Crippen molar-refractivity contribution >= 4 is 14.0 Å². The fraction of sp³-hybridized carbons (Fsp3) is 0.786. The average Bonchev–Trinajstić information content (AvgIpc) is 2.35. The normalized spacial score (nSPS) is 16.4. The highest BCUT2D eigenvalue weighted by molar-refractivity contribution is 7.41. The van der Waals surface area contributed by atoms with Crippen LogP contribution in [0.25, 0.3) is 0 Å². The summed E-state index contributed by atoms with van der Waals surface area (Å²) in [5, 5.41) is -1.34. The lowest BCUT2D eigenvalue weighted by atomic mass is 9.99. The van der Waals surface area contributed by atoms with Gasteiger partial charge in [-0.25, -0.2) is 0 Å². The van der Waals surface area contributed by atoms with Crippen LogP contribution >= 0.6 is 8.03 Å². The predicted molar refractivity (Wildman–Crippen MR) is 78.8 cm³/mol. The minimum atomic E-state index is -3.02. The summed E-state index contributed by atoms with van der Waals surface area (Å²) in [7, 11) is -3.02.